The van der Waals surface area contributed by atoms with E-state index >= 15 is 0 Å². The molecule has 1 atom stereocenters. The molecule has 1 N–H and O–H groups in total. The smallest absolute Gasteiger partial charge is 0.146 e. The number of hydrogen-bond acceptors (Lipinski definition) is 6. The molecular weight excluding hydrogens is 272 g/mol. The van der Waals surface area contributed by atoms with Crippen molar-refractivity contribution >= 4 is 0 Å². The molecule has 0 amide bonds. The first-order chi connectivity index (χ1) is 10.1. The minimum atomic E-state index is -0.556. The van der Waals surface area contributed by atoms with Crippen molar-refractivity contribution in [2.45, 2.75) is 26.2 Å². The molecule has 0 aliphatic rings. The van der Waals surface area contributed by atoms with Crippen molar-refractivity contribution in [3.63, 3.8) is 0 Å². The normalized spacial score (nSPS) is 13.0. The van der Waals surface area contributed by atoms with Gasteiger partial charge in [0.25, 0.3) is 0 Å². The molecule has 0 saturated carbocycles. The van der Waals surface area contributed by atoms with Crippen LogP contribution >= 0.6 is 0 Å². The van der Waals surface area contributed by atoms with Crippen molar-refractivity contribution in [2.24, 2.45) is 7.05 Å². The van der Waals surface area contributed by atoms with Gasteiger partial charge in [-0.2, -0.15) is 0 Å². The maximum atomic E-state index is 9.96. The van der Waals surface area contributed by atoms with Gasteiger partial charge < -0.3 is 18.8 Å². The van der Waals surface area contributed by atoms with E-state index in [9.17, 15) is 5.11 Å². The average molecular weight is 294 g/mol. The lowest BCUT2D eigenvalue weighted by Gasteiger charge is -2.19. The molecule has 0 radical (unpaired) electrons. The minimum absolute atomic E-state index is 0.267. The second-order valence-electron chi connectivity index (χ2n) is 5.17. The lowest BCUT2D eigenvalue weighted by atomic mass is 10.3. The Labute approximate surface area is 124 Å². The second kappa shape index (κ2) is 7.35. The van der Waals surface area contributed by atoms with E-state index in [4.69, 9.17) is 9.15 Å². The van der Waals surface area contributed by atoms with Crippen LogP contribution < -0.4 is 0 Å². The number of aromatic nitrogens is 3. The fourth-order valence-electron chi connectivity index (χ4n) is 2.00. The summed E-state index contributed by atoms with van der Waals surface area (Å²) >= 11 is 0. The molecule has 0 spiro atoms. The number of aliphatic hydroxyl groups excluding tert-OH is 1. The summed E-state index contributed by atoms with van der Waals surface area (Å²) in [5.41, 5.74) is 0. The third-order valence-electron chi connectivity index (χ3n) is 3.25. The number of ether oxygens (including phenoxy) is 1. The second-order valence-corrected chi connectivity index (χ2v) is 5.17. The van der Waals surface area contributed by atoms with Gasteiger partial charge in [0.15, 0.2) is 0 Å². The van der Waals surface area contributed by atoms with Crippen LogP contribution in [-0.4, -0.2) is 51.1 Å². The third kappa shape index (κ3) is 4.66. The number of rotatable bonds is 8. The summed E-state index contributed by atoms with van der Waals surface area (Å²) in [6.45, 7) is 3.68. The summed E-state index contributed by atoms with van der Waals surface area (Å²) in [6.07, 6.45) is 1.05. The Hall–Kier alpha value is -1.70. The number of furan rings is 1. The van der Waals surface area contributed by atoms with Crippen LogP contribution in [0.15, 0.2) is 22.8 Å². The van der Waals surface area contributed by atoms with E-state index in [-0.39, 0.29) is 6.61 Å². The molecule has 0 aliphatic heterocycles. The molecule has 116 valence electrons. The molecule has 0 aliphatic carbocycles. The minimum Gasteiger partial charge on any atom is -0.467 e. The van der Waals surface area contributed by atoms with Gasteiger partial charge in [-0.05, 0) is 26.1 Å². The quantitative estimate of drug-likeness (QED) is 0.773. The summed E-state index contributed by atoms with van der Waals surface area (Å²) in [7, 11) is 3.86. The summed E-state index contributed by atoms with van der Waals surface area (Å²) < 4.78 is 12.5. The molecule has 7 nitrogen and oxygen atoms in total. The molecule has 2 aromatic heterocycles. The number of aryl methyl sites for hydroxylation is 1. The predicted molar refractivity (Wildman–Crippen MR) is 76.4 cm³/mol. The van der Waals surface area contributed by atoms with Gasteiger partial charge in [0.2, 0.25) is 0 Å². The van der Waals surface area contributed by atoms with Gasteiger partial charge in [-0.1, -0.05) is 0 Å². The Morgan fingerprint density at radius 1 is 1.48 bits per heavy atom. The van der Waals surface area contributed by atoms with Crippen LogP contribution in [0.5, 0.6) is 0 Å². The predicted octanol–water partition coefficient (Wildman–Crippen LogP) is 0.726. The van der Waals surface area contributed by atoms with E-state index in [2.05, 4.69) is 10.2 Å². The van der Waals surface area contributed by atoms with Crippen molar-refractivity contribution in [1.29, 1.82) is 0 Å². The van der Waals surface area contributed by atoms with Crippen LogP contribution in [0.2, 0.25) is 0 Å². The average Bonchev–Trinajstić information content (AvgIpc) is 3.04. The fourth-order valence-corrected chi connectivity index (χ4v) is 2.00. The zero-order valence-corrected chi connectivity index (χ0v) is 12.7. The third-order valence-corrected chi connectivity index (χ3v) is 3.25. The highest BCUT2D eigenvalue weighted by Gasteiger charge is 2.12. The molecule has 1 unspecified atom stereocenters. The standard InChI is InChI=1S/C14H22N4O3/c1-11-15-16-14(18(11)3)8-17(2)7-12(19)9-20-10-13-5-4-6-21-13/h4-6,12,19H,7-10H2,1-3H3. The largest absolute Gasteiger partial charge is 0.467 e. The fraction of sp³-hybridized carbons (Fsp3) is 0.571. The highest BCUT2D eigenvalue weighted by Crippen LogP contribution is 2.04. The molecule has 2 heterocycles. The van der Waals surface area contributed by atoms with Crippen LogP contribution in [0.4, 0.5) is 0 Å². The van der Waals surface area contributed by atoms with Crippen molar-refractivity contribution in [1.82, 2.24) is 19.7 Å². The summed E-state index contributed by atoms with van der Waals surface area (Å²) in [4.78, 5) is 1.99. The van der Waals surface area contributed by atoms with Crippen LogP contribution in [0.1, 0.15) is 17.4 Å². The number of likely N-dealkylation sites (N-methyl/N-ethyl adjacent to an activating group) is 1. The van der Waals surface area contributed by atoms with E-state index in [0.717, 1.165) is 17.4 Å². The molecule has 0 aromatic carbocycles. The number of aliphatic hydroxyl groups is 1. The molecule has 0 fully saturated rings. The van der Waals surface area contributed by atoms with Gasteiger partial charge in [-0.25, -0.2) is 0 Å². The summed E-state index contributed by atoms with van der Waals surface area (Å²) in [5, 5.41) is 18.1. The van der Waals surface area contributed by atoms with Crippen LogP contribution in [0.3, 0.4) is 0 Å². The van der Waals surface area contributed by atoms with Crippen molar-refractivity contribution in [2.75, 3.05) is 20.2 Å². The van der Waals surface area contributed by atoms with Gasteiger partial charge in [-0.15, -0.1) is 10.2 Å². The Kier molecular flexibility index (Phi) is 5.49. The van der Waals surface area contributed by atoms with Gasteiger partial charge in [0.1, 0.15) is 24.0 Å². The summed E-state index contributed by atoms with van der Waals surface area (Å²) in [5.74, 6) is 2.50. The first-order valence-electron chi connectivity index (χ1n) is 6.88. The Morgan fingerprint density at radius 3 is 2.90 bits per heavy atom. The topological polar surface area (TPSA) is 76.6 Å². The lowest BCUT2D eigenvalue weighted by Crippen LogP contribution is -2.32. The molecule has 2 rings (SSSR count). The van der Waals surface area contributed by atoms with E-state index in [0.29, 0.717) is 19.7 Å². The maximum Gasteiger partial charge on any atom is 0.146 e. The van der Waals surface area contributed by atoms with E-state index in [1.165, 1.54) is 0 Å². The van der Waals surface area contributed by atoms with Crippen LogP contribution in [0, 0.1) is 6.92 Å². The van der Waals surface area contributed by atoms with Gasteiger partial charge in [0.05, 0.1) is 25.5 Å². The first-order valence-corrected chi connectivity index (χ1v) is 6.88. The summed E-state index contributed by atoms with van der Waals surface area (Å²) in [6, 6.07) is 3.65. The van der Waals surface area contributed by atoms with Crippen LogP contribution in [0.25, 0.3) is 0 Å². The molecule has 0 saturated heterocycles. The Bertz CT molecular complexity index is 538. The molecule has 7 heteroatoms. The molecule has 2 aromatic rings. The van der Waals surface area contributed by atoms with Gasteiger partial charge in [-0.3, -0.25) is 4.90 Å². The highest BCUT2D eigenvalue weighted by atomic mass is 16.5. The van der Waals surface area contributed by atoms with E-state index in [1.807, 2.05) is 42.6 Å². The van der Waals surface area contributed by atoms with Crippen molar-refractivity contribution in [3.05, 3.63) is 35.8 Å². The van der Waals surface area contributed by atoms with Crippen LogP contribution in [-0.2, 0) is 24.9 Å². The number of hydrogen-bond donors (Lipinski definition) is 1. The zero-order valence-electron chi connectivity index (χ0n) is 12.7. The lowest BCUT2D eigenvalue weighted by molar-refractivity contribution is 0.00731. The zero-order chi connectivity index (χ0) is 15.2. The SMILES string of the molecule is Cc1nnc(CN(C)CC(O)COCc2ccco2)n1C. The Balaban J connectivity index is 1.69. The monoisotopic (exact) mass is 294 g/mol. The number of nitrogens with zero attached hydrogens (tertiary/aromatic N) is 4. The van der Waals surface area contributed by atoms with E-state index < -0.39 is 6.10 Å². The van der Waals surface area contributed by atoms with Gasteiger partial charge in [0, 0.05) is 13.6 Å². The van der Waals surface area contributed by atoms with Gasteiger partial charge >= 0.3 is 0 Å². The van der Waals surface area contributed by atoms with Crippen molar-refractivity contribution in [3.8, 4) is 0 Å². The first kappa shape index (κ1) is 15.7. The Morgan fingerprint density at radius 2 is 2.29 bits per heavy atom. The van der Waals surface area contributed by atoms with E-state index in [1.54, 1.807) is 6.26 Å². The molecule has 0 bridgehead atoms. The molecule has 21 heavy (non-hydrogen) atoms. The van der Waals surface area contributed by atoms with Crippen molar-refractivity contribution < 1.29 is 14.3 Å². The highest BCUT2D eigenvalue weighted by molar-refractivity contribution is 4.96. The molecular formula is C14H22N4O3. The maximum absolute atomic E-state index is 9.96.